The van der Waals surface area contributed by atoms with Crippen molar-refractivity contribution in [2.75, 3.05) is 19.0 Å². The maximum atomic E-state index is 13.2. The van der Waals surface area contributed by atoms with Crippen LogP contribution in [-0.2, 0) is 4.79 Å². The molecule has 2 atom stereocenters. The first-order valence-electron chi connectivity index (χ1n) is 9.27. The first kappa shape index (κ1) is 23.8. The molecule has 0 heterocycles. The van der Waals surface area contributed by atoms with Crippen LogP contribution < -0.4 is 21.4 Å². The van der Waals surface area contributed by atoms with Crippen LogP contribution in [0.2, 0.25) is 0 Å². The van der Waals surface area contributed by atoms with Gasteiger partial charge in [-0.1, -0.05) is 11.8 Å². The van der Waals surface area contributed by atoms with Gasteiger partial charge in [-0.3, -0.25) is 14.8 Å². The lowest BCUT2D eigenvalue weighted by molar-refractivity contribution is -0.134. The molecular formula is C22H24F2N4O3. The molecular weight excluding hydrogens is 406 g/mol. The number of amides is 2. The lowest BCUT2D eigenvalue weighted by atomic mass is 9.92. The van der Waals surface area contributed by atoms with Gasteiger partial charge in [0.1, 0.15) is 11.6 Å². The van der Waals surface area contributed by atoms with Gasteiger partial charge in [0.2, 0.25) is 0 Å². The quantitative estimate of drug-likeness (QED) is 0.317. The molecule has 164 valence electrons. The number of halogens is 2. The standard InChI is InChI=1S/C22H24F2N4O3/c1-22(25,21(23)24)18(20(30)27-31)26-19(29)16-10-6-14(7-11-16)4-5-15-8-12-17(13-9-15)28(2)3/h6-13,18,21,31H,25H2,1-3H3,(H,26,29)(H,27,30)/t18-,22?/m1/s1. The van der Waals surface area contributed by atoms with Crippen LogP contribution in [0, 0.1) is 11.8 Å². The van der Waals surface area contributed by atoms with Gasteiger partial charge >= 0.3 is 0 Å². The summed E-state index contributed by atoms with van der Waals surface area (Å²) in [5.74, 6) is 3.93. The van der Waals surface area contributed by atoms with Crippen molar-refractivity contribution in [1.82, 2.24) is 10.8 Å². The summed E-state index contributed by atoms with van der Waals surface area (Å²) in [6.45, 7) is 0.904. The number of alkyl halides is 2. The summed E-state index contributed by atoms with van der Waals surface area (Å²) in [6, 6.07) is 11.9. The van der Waals surface area contributed by atoms with Crippen LogP contribution in [0.1, 0.15) is 28.4 Å². The van der Waals surface area contributed by atoms with Crippen molar-refractivity contribution in [3.8, 4) is 11.8 Å². The number of hydrogen-bond donors (Lipinski definition) is 4. The fraction of sp³-hybridized carbons (Fsp3) is 0.273. The average Bonchev–Trinajstić information content (AvgIpc) is 2.75. The number of rotatable bonds is 6. The second-order valence-electron chi connectivity index (χ2n) is 7.32. The molecule has 5 N–H and O–H groups in total. The van der Waals surface area contributed by atoms with E-state index in [1.165, 1.54) is 17.6 Å². The smallest absolute Gasteiger partial charge is 0.268 e. The van der Waals surface area contributed by atoms with Gasteiger partial charge in [0.15, 0.2) is 0 Å². The lowest BCUT2D eigenvalue weighted by Gasteiger charge is -2.32. The molecule has 2 rings (SSSR count). The second kappa shape index (κ2) is 10.0. The summed E-state index contributed by atoms with van der Waals surface area (Å²) in [5.41, 5.74) is 6.96. The number of benzene rings is 2. The topological polar surface area (TPSA) is 108 Å². The Morgan fingerprint density at radius 3 is 1.94 bits per heavy atom. The van der Waals surface area contributed by atoms with Crippen LogP contribution in [0.15, 0.2) is 48.5 Å². The predicted molar refractivity (Wildman–Crippen MR) is 113 cm³/mol. The number of anilines is 1. The summed E-state index contributed by atoms with van der Waals surface area (Å²) in [7, 11) is 3.89. The van der Waals surface area contributed by atoms with E-state index in [0.717, 1.165) is 18.2 Å². The summed E-state index contributed by atoms with van der Waals surface area (Å²) in [6.07, 6.45) is -3.13. The third kappa shape index (κ3) is 6.01. The number of carbonyl (C=O) groups excluding carboxylic acids is 2. The van der Waals surface area contributed by atoms with E-state index in [2.05, 4.69) is 17.2 Å². The van der Waals surface area contributed by atoms with Crippen molar-refractivity contribution < 1.29 is 23.6 Å². The molecule has 0 saturated heterocycles. The Balaban J connectivity index is 2.13. The lowest BCUT2D eigenvalue weighted by Crippen LogP contribution is -2.66. The second-order valence-corrected chi connectivity index (χ2v) is 7.32. The number of hydroxylamine groups is 1. The molecule has 0 aromatic heterocycles. The van der Waals surface area contributed by atoms with Crippen molar-refractivity contribution in [2.24, 2.45) is 5.73 Å². The first-order chi connectivity index (χ1) is 14.6. The van der Waals surface area contributed by atoms with Gasteiger partial charge in [-0.05, 0) is 55.5 Å². The summed E-state index contributed by atoms with van der Waals surface area (Å²) < 4.78 is 26.4. The molecule has 0 bridgehead atoms. The highest BCUT2D eigenvalue weighted by Crippen LogP contribution is 2.18. The van der Waals surface area contributed by atoms with Gasteiger partial charge in [0.05, 0.1) is 0 Å². The Morgan fingerprint density at radius 1 is 1.03 bits per heavy atom. The highest BCUT2D eigenvalue weighted by molar-refractivity contribution is 5.98. The van der Waals surface area contributed by atoms with Gasteiger partial charge < -0.3 is 16.0 Å². The van der Waals surface area contributed by atoms with E-state index in [4.69, 9.17) is 10.9 Å². The predicted octanol–water partition coefficient (Wildman–Crippen LogP) is 1.74. The highest BCUT2D eigenvalue weighted by Gasteiger charge is 2.44. The maximum Gasteiger partial charge on any atom is 0.268 e. The molecule has 1 unspecified atom stereocenters. The van der Waals surface area contributed by atoms with Crippen LogP contribution in [0.4, 0.5) is 14.5 Å². The number of nitrogens with zero attached hydrogens (tertiary/aromatic N) is 1. The minimum absolute atomic E-state index is 0.113. The molecule has 0 radical (unpaired) electrons. The van der Waals surface area contributed by atoms with E-state index >= 15 is 0 Å². The van der Waals surface area contributed by atoms with Gasteiger partial charge in [-0.2, -0.15) is 0 Å². The minimum Gasteiger partial charge on any atom is -0.378 e. The van der Waals surface area contributed by atoms with E-state index in [1.807, 2.05) is 43.3 Å². The molecule has 0 aliphatic carbocycles. The molecule has 2 amide bonds. The van der Waals surface area contributed by atoms with Crippen molar-refractivity contribution in [3.05, 3.63) is 65.2 Å². The zero-order valence-electron chi connectivity index (χ0n) is 17.3. The van der Waals surface area contributed by atoms with Gasteiger partial charge in [-0.15, -0.1) is 0 Å². The van der Waals surface area contributed by atoms with Crippen LogP contribution in [-0.4, -0.2) is 49.1 Å². The van der Waals surface area contributed by atoms with E-state index in [0.29, 0.717) is 5.56 Å². The zero-order chi connectivity index (χ0) is 23.2. The van der Waals surface area contributed by atoms with Gasteiger partial charge in [-0.25, -0.2) is 14.3 Å². The molecule has 0 spiro atoms. The molecule has 9 heteroatoms. The van der Waals surface area contributed by atoms with Crippen LogP contribution >= 0.6 is 0 Å². The number of carbonyl (C=O) groups is 2. The Morgan fingerprint density at radius 2 is 1.52 bits per heavy atom. The van der Waals surface area contributed by atoms with E-state index in [9.17, 15) is 18.4 Å². The fourth-order valence-corrected chi connectivity index (χ4v) is 2.60. The molecule has 0 saturated carbocycles. The van der Waals surface area contributed by atoms with Gasteiger partial charge in [0, 0.05) is 36.5 Å². The highest BCUT2D eigenvalue weighted by atomic mass is 19.3. The largest absolute Gasteiger partial charge is 0.378 e. The molecule has 7 nitrogen and oxygen atoms in total. The Kier molecular flexibility index (Phi) is 7.69. The Labute approximate surface area is 179 Å². The van der Waals surface area contributed by atoms with Crippen LogP contribution in [0.5, 0.6) is 0 Å². The summed E-state index contributed by atoms with van der Waals surface area (Å²) >= 11 is 0. The normalized spacial score (nSPS) is 13.4. The molecule has 2 aromatic carbocycles. The van der Waals surface area contributed by atoms with Crippen molar-refractivity contribution in [3.63, 3.8) is 0 Å². The van der Waals surface area contributed by atoms with E-state index in [-0.39, 0.29) is 5.56 Å². The molecule has 0 fully saturated rings. The van der Waals surface area contributed by atoms with Crippen molar-refractivity contribution >= 4 is 17.5 Å². The van der Waals surface area contributed by atoms with Crippen molar-refractivity contribution in [1.29, 1.82) is 0 Å². The van der Waals surface area contributed by atoms with Crippen molar-refractivity contribution in [2.45, 2.75) is 24.9 Å². The van der Waals surface area contributed by atoms with Gasteiger partial charge in [0.25, 0.3) is 18.2 Å². The van der Waals surface area contributed by atoms with Crippen LogP contribution in [0.3, 0.4) is 0 Å². The third-order valence-corrected chi connectivity index (χ3v) is 4.62. The monoisotopic (exact) mass is 430 g/mol. The maximum absolute atomic E-state index is 13.2. The first-order valence-corrected chi connectivity index (χ1v) is 9.27. The number of hydrogen-bond acceptors (Lipinski definition) is 5. The third-order valence-electron chi connectivity index (χ3n) is 4.62. The van der Waals surface area contributed by atoms with E-state index in [1.54, 1.807) is 12.1 Å². The molecule has 0 aliphatic heterocycles. The Bertz CT molecular complexity index is 979. The van der Waals surface area contributed by atoms with Crippen LogP contribution in [0.25, 0.3) is 0 Å². The summed E-state index contributed by atoms with van der Waals surface area (Å²) in [4.78, 5) is 26.1. The molecule has 31 heavy (non-hydrogen) atoms. The number of nitrogens with one attached hydrogen (secondary N) is 2. The Hall–Kier alpha value is -3.48. The SMILES string of the molecule is CN(C)c1ccc(C#Cc2ccc(C(=O)N[C@H](C(=O)NO)C(C)(N)C(F)F)cc2)cc1. The molecule has 0 aliphatic rings. The fourth-order valence-electron chi connectivity index (χ4n) is 2.60. The summed E-state index contributed by atoms with van der Waals surface area (Å²) in [5, 5.41) is 10.9. The minimum atomic E-state index is -3.13. The number of nitrogens with two attached hydrogens (primary N) is 1. The molecule has 2 aromatic rings. The average molecular weight is 430 g/mol. The van der Waals surface area contributed by atoms with E-state index < -0.39 is 29.8 Å². The zero-order valence-corrected chi connectivity index (χ0v) is 17.3.